The molecule has 0 radical (unpaired) electrons. The smallest absolute Gasteiger partial charge is 0.270 e. The lowest BCUT2D eigenvalue weighted by Crippen LogP contribution is -2.34. The van der Waals surface area contributed by atoms with Crippen LogP contribution >= 0.6 is 35.0 Å². The van der Waals surface area contributed by atoms with Crippen LogP contribution in [-0.2, 0) is 0 Å². The summed E-state index contributed by atoms with van der Waals surface area (Å²) in [6, 6.07) is 1.88. The van der Waals surface area contributed by atoms with Crippen LogP contribution in [0, 0.1) is 8.99 Å². The van der Waals surface area contributed by atoms with Crippen molar-refractivity contribution in [3.05, 3.63) is 21.5 Å². The monoisotopic (exact) mass is 369 g/mol. The third-order valence-electron chi connectivity index (χ3n) is 3.22. The van der Waals surface area contributed by atoms with E-state index in [9.17, 15) is 4.79 Å². The molecule has 1 aliphatic rings. The normalized spacial score (nSPS) is 23.6. The molecule has 0 aliphatic carbocycles. The molecule has 96 valence electrons. The summed E-state index contributed by atoms with van der Waals surface area (Å²) in [6.45, 7) is 4.35. The van der Waals surface area contributed by atoms with E-state index in [1.165, 1.54) is 0 Å². The maximum atomic E-state index is 12.1. The molecule has 1 fully saturated rings. The number of aromatic amines is 1. The second-order valence-electron chi connectivity index (χ2n) is 4.72. The molecule has 6 heteroatoms. The highest BCUT2D eigenvalue weighted by atomic mass is 127. The number of carbonyl (C=O) groups is 1. The Bertz CT molecular complexity index is 409. The number of hydrogen-bond acceptors (Lipinski definition) is 2. The molecule has 0 saturated carbocycles. The maximum Gasteiger partial charge on any atom is 0.270 e. The van der Waals surface area contributed by atoms with Gasteiger partial charge in [0.15, 0.2) is 0 Å². The predicted octanol–water partition coefficient (Wildman–Crippen LogP) is 1.85. The van der Waals surface area contributed by atoms with E-state index in [-0.39, 0.29) is 23.7 Å². The average molecular weight is 370 g/mol. The van der Waals surface area contributed by atoms with E-state index in [2.05, 4.69) is 34.5 Å². The SMILES string of the molecule is CC1(CN)CCN(C(=O)c2cc(I)c[nH]2)C1.Cl. The predicted molar refractivity (Wildman–Crippen MR) is 78.4 cm³/mol. The highest BCUT2D eigenvalue weighted by Gasteiger charge is 2.35. The van der Waals surface area contributed by atoms with E-state index < -0.39 is 0 Å². The van der Waals surface area contributed by atoms with Gasteiger partial charge >= 0.3 is 0 Å². The molecule has 2 rings (SSSR count). The van der Waals surface area contributed by atoms with Crippen molar-refractivity contribution in [2.75, 3.05) is 19.6 Å². The number of H-pyrrole nitrogens is 1. The molecule has 1 aromatic rings. The van der Waals surface area contributed by atoms with Crippen LogP contribution in [0.3, 0.4) is 0 Å². The van der Waals surface area contributed by atoms with Crippen molar-refractivity contribution >= 4 is 40.9 Å². The minimum Gasteiger partial charge on any atom is -0.356 e. The molecular weight excluding hydrogens is 352 g/mol. The molecule has 3 N–H and O–H groups in total. The number of amides is 1. The van der Waals surface area contributed by atoms with Gasteiger partial charge in [-0.25, -0.2) is 0 Å². The third kappa shape index (κ3) is 3.14. The molecule has 1 unspecified atom stereocenters. The van der Waals surface area contributed by atoms with Crippen LogP contribution in [0.15, 0.2) is 12.3 Å². The van der Waals surface area contributed by atoms with E-state index in [0.29, 0.717) is 12.2 Å². The number of likely N-dealkylation sites (tertiary alicyclic amines) is 1. The van der Waals surface area contributed by atoms with Gasteiger partial charge in [0, 0.05) is 22.9 Å². The summed E-state index contributed by atoms with van der Waals surface area (Å²) in [6.07, 6.45) is 2.83. The molecule has 0 bridgehead atoms. The van der Waals surface area contributed by atoms with Crippen molar-refractivity contribution in [3.8, 4) is 0 Å². The molecule has 2 heterocycles. The average Bonchev–Trinajstić information content (AvgIpc) is 2.85. The Balaban J connectivity index is 0.00000144. The first-order chi connectivity index (χ1) is 7.54. The zero-order valence-electron chi connectivity index (χ0n) is 9.70. The Labute approximate surface area is 121 Å². The fraction of sp³-hybridized carbons (Fsp3) is 0.545. The van der Waals surface area contributed by atoms with E-state index >= 15 is 0 Å². The molecule has 1 amide bonds. The first-order valence-corrected chi connectivity index (χ1v) is 6.45. The first-order valence-electron chi connectivity index (χ1n) is 5.37. The summed E-state index contributed by atoms with van der Waals surface area (Å²) in [5, 5.41) is 0. The van der Waals surface area contributed by atoms with Crippen molar-refractivity contribution in [1.29, 1.82) is 0 Å². The molecular formula is C11H17ClIN3O. The summed E-state index contributed by atoms with van der Waals surface area (Å²) in [5.74, 6) is 0.0834. The van der Waals surface area contributed by atoms with Gasteiger partial charge in [0.25, 0.3) is 5.91 Å². The number of carbonyl (C=O) groups excluding carboxylic acids is 1. The lowest BCUT2D eigenvalue weighted by molar-refractivity contribution is 0.0772. The summed E-state index contributed by atoms with van der Waals surface area (Å²) < 4.78 is 1.06. The van der Waals surface area contributed by atoms with Gasteiger partial charge in [-0.3, -0.25) is 4.79 Å². The lowest BCUT2D eigenvalue weighted by atomic mass is 9.90. The van der Waals surface area contributed by atoms with Crippen molar-refractivity contribution in [2.24, 2.45) is 11.1 Å². The van der Waals surface area contributed by atoms with Gasteiger partial charge in [0.2, 0.25) is 0 Å². The minimum atomic E-state index is 0. The Morgan fingerprint density at radius 1 is 1.71 bits per heavy atom. The van der Waals surface area contributed by atoms with E-state index in [4.69, 9.17) is 5.73 Å². The standard InChI is InChI=1S/C11H16IN3O.ClH/c1-11(6-13)2-3-15(7-11)10(16)9-4-8(12)5-14-9;/h4-5,14H,2-3,6-7,13H2,1H3;1H. The number of nitrogens with one attached hydrogen (secondary N) is 1. The first kappa shape index (κ1) is 14.8. The molecule has 1 aromatic heterocycles. The van der Waals surface area contributed by atoms with Crippen LogP contribution in [0.2, 0.25) is 0 Å². The Morgan fingerprint density at radius 3 is 2.88 bits per heavy atom. The quantitative estimate of drug-likeness (QED) is 0.782. The van der Waals surface area contributed by atoms with Gasteiger partial charge < -0.3 is 15.6 Å². The summed E-state index contributed by atoms with van der Waals surface area (Å²) in [5.41, 5.74) is 6.49. The van der Waals surface area contributed by atoms with Crippen molar-refractivity contribution in [2.45, 2.75) is 13.3 Å². The molecule has 0 spiro atoms. The van der Waals surface area contributed by atoms with Gasteiger partial charge in [0.05, 0.1) is 0 Å². The molecule has 1 aliphatic heterocycles. The maximum absolute atomic E-state index is 12.1. The Kier molecular flexibility index (Phi) is 4.86. The van der Waals surface area contributed by atoms with Crippen LogP contribution in [0.5, 0.6) is 0 Å². The van der Waals surface area contributed by atoms with Crippen LogP contribution in [0.25, 0.3) is 0 Å². The molecule has 0 aromatic carbocycles. The number of nitrogens with zero attached hydrogens (tertiary/aromatic N) is 1. The second-order valence-corrected chi connectivity index (χ2v) is 5.97. The van der Waals surface area contributed by atoms with Gasteiger partial charge in [-0.15, -0.1) is 12.4 Å². The van der Waals surface area contributed by atoms with E-state index in [1.54, 1.807) is 0 Å². The highest BCUT2D eigenvalue weighted by Crippen LogP contribution is 2.29. The van der Waals surface area contributed by atoms with E-state index in [1.807, 2.05) is 17.2 Å². The Hall–Kier alpha value is -0.270. The fourth-order valence-corrected chi connectivity index (χ4v) is 2.49. The lowest BCUT2D eigenvalue weighted by Gasteiger charge is -2.22. The number of rotatable bonds is 2. The van der Waals surface area contributed by atoms with Gasteiger partial charge in [-0.1, -0.05) is 6.92 Å². The van der Waals surface area contributed by atoms with E-state index in [0.717, 1.165) is 23.1 Å². The number of aromatic nitrogens is 1. The topological polar surface area (TPSA) is 62.1 Å². The number of halogens is 2. The van der Waals surface area contributed by atoms with Crippen LogP contribution in [0.4, 0.5) is 0 Å². The molecule has 1 atom stereocenters. The number of hydrogen-bond donors (Lipinski definition) is 2. The summed E-state index contributed by atoms with van der Waals surface area (Å²) in [4.78, 5) is 17.0. The summed E-state index contributed by atoms with van der Waals surface area (Å²) in [7, 11) is 0. The zero-order valence-corrected chi connectivity index (χ0v) is 12.7. The van der Waals surface area contributed by atoms with Gasteiger partial charge in [-0.05, 0) is 47.0 Å². The van der Waals surface area contributed by atoms with Crippen molar-refractivity contribution in [1.82, 2.24) is 9.88 Å². The zero-order chi connectivity index (χ0) is 11.8. The highest BCUT2D eigenvalue weighted by molar-refractivity contribution is 14.1. The second kappa shape index (κ2) is 5.58. The molecule has 1 saturated heterocycles. The van der Waals surface area contributed by atoms with Crippen LogP contribution in [-0.4, -0.2) is 35.4 Å². The van der Waals surface area contributed by atoms with Gasteiger partial charge in [-0.2, -0.15) is 0 Å². The molecule has 17 heavy (non-hydrogen) atoms. The fourth-order valence-electron chi connectivity index (χ4n) is 2.03. The van der Waals surface area contributed by atoms with Crippen molar-refractivity contribution < 1.29 is 4.79 Å². The van der Waals surface area contributed by atoms with Crippen LogP contribution < -0.4 is 5.73 Å². The van der Waals surface area contributed by atoms with Gasteiger partial charge in [0.1, 0.15) is 5.69 Å². The largest absolute Gasteiger partial charge is 0.356 e. The minimum absolute atomic E-state index is 0. The Morgan fingerprint density at radius 2 is 2.41 bits per heavy atom. The summed E-state index contributed by atoms with van der Waals surface area (Å²) >= 11 is 2.19. The van der Waals surface area contributed by atoms with Crippen LogP contribution in [0.1, 0.15) is 23.8 Å². The van der Waals surface area contributed by atoms with Crippen molar-refractivity contribution in [3.63, 3.8) is 0 Å². The third-order valence-corrected chi connectivity index (χ3v) is 3.84. The molecule has 4 nitrogen and oxygen atoms in total. The number of nitrogens with two attached hydrogens (primary N) is 1.